The minimum Gasteiger partial charge on any atom is -0.495 e. The van der Waals surface area contributed by atoms with E-state index in [9.17, 15) is 20.4 Å². The maximum Gasteiger partial charge on any atom is 0.333 e. The van der Waals surface area contributed by atoms with E-state index in [1.807, 2.05) is 18.7 Å². The van der Waals surface area contributed by atoms with Gasteiger partial charge in [-0.25, -0.2) is 9.78 Å². The van der Waals surface area contributed by atoms with Crippen LogP contribution in [0, 0.1) is 29.6 Å². The molecule has 0 aliphatic carbocycles. The number of aromatic nitrogens is 1. The number of pyridine rings is 1. The Labute approximate surface area is 186 Å². The number of anilines is 2. The molecule has 0 unspecified atom stereocenters. The molecule has 1 atom stereocenters. The molecule has 0 radical (unpaired) electrons. The zero-order chi connectivity index (χ0) is 23.4. The minimum absolute atomic E-state index is 0.174. The maximum absolute atomic E-state index is 12.4. The fourth-order valence-corrected chi connectivity index (χ4v) is 4.18. The first-order chi connectivity index (χ1) is 15.4. The van der Waals surface area contributed by atoms with Crippen LogP contribution in [-0.2, 0) is 4.79 Å². The van der Waals surface area contributed by atoms with Crippen molar-refractivity contribution in [1.82, 2.24) is 4.98 Å². The number of ether oxygens (including phenoxy) is 2. The van der Waals surface area contributed by atoms with Gasteiger partial charge in [-0.2, -0.15) is 10.5 Å². The molecular formula is C24H24N4O4. The fourth-order valence-electron chi connectivity index (χ4n) is 4.18. The SMILES string of the molecule is CCOc1ncc(C)c2c1[C@H](CCC#N)C(C(=O)O)=C(C)N2c1ccc(C#N)cc1OC. The van der Waals surface area contributed by atoms with Crippen LogP contribution < -0.4 is 14.4 Å². The Morgan fingerprint density at radius 2 is 2.06 bits per heavy atom. The maximum atomic E-state index is 12.4. The topological polar surface area (TPSA) is 119 Å². The van der Waals surface area contributed by atoms with E-state index in [1.165, 1.54) is 7.11 Å². The Balaban J connectivity index is 2.41. The van der Waals surface area contributed by atoms with Gasteiger partial charge in [-0.1, -0.05) is 0 Å². The van der Waals surface area contributed by atoms with Crippen molar-refractivity contribution in [3.8, 4) is 23.8 Å². The van der Waals surface area contributed by atoms with E-state index in [4.69, 9.17) is 9.47 Å². The summed E-state index contributed by atoms with van der Waals surface area (Å²) >= 11 is 0. The lowest BCUT2D eigenvalue weighted by Crippen LogP contribution is -2.30. The van der Waals surface area contributed by atoms with Gasteiger partial charge >= 0.3 is 5.97 Å². The van der Waals surface area contributed by atoms with Crippen molar-refractivity contribution in [1.29, 1.82) is 10.5 Å². The predicted octanol–water partition coefficient (Wildman–Crippen LogP) is 4.57. The number of hydrogen-bond donors (Lipinski definition) is 1. The number of methoxy groups -OCH3 is 1. The smallest absolute Gasteiger partial charge is 0.333 e. The van der Waals surface area contributed by atoms with Gasteiger partial charge in [0.2, 0.25) is 5.88 Å². The van der Waals surface area contributed by atoms with Crippen LogP contribution in [0.1, 0.15) is 49.3 Å². The van der Waals surface area contributed by atoms with E-state index in [0.29, 0.717) is 47.2 Å². The molecule has 1 aromatic heterocycles. The highest BCUT2D eigenvalue weighted by molar-refractivity contribution is 5.95. The number of fused-ring (bicyclic) bond motifs is 1. The average Bonchev–Trinajstić information content (AvgIpc) is 2.78. The molecule has 2 heterocycles. The third-order valence-corrected chi connectivity index (χ3v) is 5.49. The van der Waals surface area contributed by atoms with Gasteiger partial charge in [0.25, 0.3) is 0 Å². The van der Waals surface area contributed by atoms with E-state index in [2.05, 4.69) is 17.1 Å². The molecule has 2 aromatic rings. The first kappa shape index (κ1) is 22.6. The van der Waals surface area contributed by atoms with E-state index < -0.39 is 11.9 Å². The molecule has 32 heavy (non-hydrogen) atoms. The molecule has 0 saturated carbocycles. The van der Waals surface area contributed by atoms with Crippen LogP contribution in [0.15, 0.2) is 35.7 Å². The van der Waals surface area contributed by atoms with E-state index in [1.54, 1.807) is 31.3 Å². The molecule has 1 N–H and O–H groups in total. The molecule has 0 fully saturated rings. The van der Waals surface area contributed by atoms with Crippen LogP contribution in [0.2, 0.25) is 0 Å². The molecule has 8 heteroatoms. The van der Waals surface area contributed by atoms with E-state index in [0.717, 1.165) is 11.3 Å². The number of carboxylic acid groups (broad SMARTS) is 1. The lowest BCUT2D eigenvalue weighted by atomic mass is 9.81. The number of carboxylic acids is 1. The average molecular weight is 432 g/mol. The Kier molecular flexibility index (Phi) is 6.65. The van der Waals surface area contributed by atoms with Crippen molar-refractivity contribution in [2.45, 2.75) is 39.5 Å². The number of carbonyl (C=O) groups is 1. The number of rotatable bonds is 7. The van der Waals surface area contributed by atoms with Crippen LogP contribution in [0.4, 0.5) is 11.4 Å². The van der Waals surface area contributed by atoms with Crippen LogP contribution >= 0.6 is 0 Å². The van der Waals surface area contributed by atoms with Crippen LogP contribution in [-0.4, -0.2) is 29.8 Å². The number of aryl methyl sites for hydroxylation is 1. The molecule has 0 bridgehead atoms. The fraction of sp³-hybridized carbons (Fsp3) is 0.333. The minimum atomic E-state index is -1.07. The second kappa shape index (κ2) is 9.40. The first-order valence-corrected chi connectivity index (χ1v) is 10.2. The van der Waals surface area contributed by atoms with Gasteiger partial charge in [0.15, 0.2) is 0 Å². The summed E-state index contributed by atoms with van der Waals surface area (Å²) in [6.45, 7) is 5.83. The molecule has 1 aromatic carbocycles. The van der Waals surface area contributed by atoms with Gasteiger partial charge in [0.05, 0.1) is 48.4 Å². The first-order valence-electron chi connectivity index (χ1n) is 10.2. The van der Waals surface area contributed by atoms with Gasteiger partial charge in [-0.3, -0.25) is 0 Å². The number of nitrogens with zero attached hydrogens (tertiary/aromatic N) is 4. The van der Waals surface area contributed by atoms with Crippen molar-refractivity contribution in [3.05, 3.63) is 52.4 Å². The summed E-state index contributed by atoms with van der Waals surface area (Å²) < 4.78 is 11.4. The summed E-state index contributed by atoms with van der Waals surface area (Å²) in [6, 6.07) is 9.22. The van der Waals surface area contributed by atoms with Crippen molar-refractivity contribution in [2.75, 3.05) is 18.6 Å². The normalized spacial score (nSPS) is 14.9. The summed E-state index contributed by atoms with van der Waals surface area (Å²) in [4.78, 5) is 18.7. The highest BCUT2D eigenvalue weighted by atomic mass is 16.5. The molecule has 0 saturated heterocycles. The zero-order valence-electron chi connectivity index (χ0n) is 18.5. The van der Waals surface area contributed by atoms with E-state index >= 15 is 0 Å². The lowest BCUT2D eigenvalue weighted by Gasteiger charge is -2.39. The van der Waals surface area contributed by atoms with Gasteiger partial charge in [-0.15, -0.1) is 0 Å². The van der Waals surface area contributed by atoms with Crippen LogP contribution in [0.5, 0.6) is 11.6 Å². The van der Waals surface area contributed by atoms with Crippen molar-refractivity contribution in [2.24, 2.45) is 0 Å². The number of allylic oxidation sites excluding steroid dienone is 1. The Morgan fingerprint density at radius 1 is 1.31 bits per heavy atom. The van der Waals surface area contributed by atoms with Crippen LogP contribution in [0.25, 0.3) is 0 Å². The van der Waals surface area contributed by atoms with Gasteiger partial charge < -0.3 is 19.5 Å². The summed E-state index contributed by atoms with van der Waals surface area (Å²) in [5, 5.41) is 28.6. The molecule has 1 aliphatic heterocycles. The quantitative estimate of drug-likeness (QED) is 0.676. The summed E-state index contributed by atoms with van der Waals surface area (Å²) in [5.74, 6) is -0.849. The number of nitriles is 2. The second-order valence-corrected chi connectivity index (χ2v) is 7.33. The highest BCUT2D eigenvalue weighted by Crippen LogP contribution is 2.52. The number of hydrogen-bond acceptors (Lipinski definition) is 7. The monoisotopic (exact) mass is 432 g/mol. The zero-order valence-corrected chi connectivity index (χ0v) is 18.5. The Hall–Kier alpha value is -4.04. The number of aliphatic carboxylic acids is 1. The van der Waals surface area contributed by atoms with Gasteiger partial charge in [-0.05, 0) is 44.9 Å². The second-order valence-electron chi connectivity index (χ2n) is 7.33. The summed E-state index contributed by atoms with van der Waals surface area (Å²) in [6.07, 6.45) is 2.20. The van der Waals surface area contributed by atoms with Crippen molar-refractivity contribution in [3.63, 3.8) is 0 Å². The standard InChI is InChI=1S/C24H24N4O4/c1-5-32-23-21-17(7-6-10-25)20(24(29)30)15(3)28(22(21)14(2)13-27-23)18-9-8-16(12-26)11-19(18)31-4/h8-9,11,13,17H,5-7H2,1-4H3,(H,29,30)/t17-/m1/s1. The molecular weight excluding hydrogens is 408 g/mol. The highest BCUT2D eigenvalue weighted by Gasteiger charge is 2.39. The molecule has 8 nitrogen and oxygen atoms in total. The van der Waals surface area contributed by atoms with Crippen LogP contribution in [0.3, 0.4) is 0 Å². The Bertz CT molecular complexity index is 1170. The van der Waals surface area contributed by atoms with E-state index in [-0.39, 0.29) is 12.0 Å². The van der Waals surface area contributed by atoms with Gasteiger partial charge in [0.1, 0.15) is 5.75 Å². The summed E-state index contributed by atoms with van der Waals surface area (Å²) in [5.41, 5.74) is 3.91. The Morgan fingerprint density at radius 3 is 2.66 bits per heavy atom. The third kappa shape index (κ3) is 3.83. The molecule has 164 valence electrons. The molecule has 0 spiro atoms. The van der Waals surface area contributed by atoms with Crippen molar-refractivity contribution >= 4 is 17.3 Å². The van der Waals surface area contributed by atoms with Crippen molar-refractivity contribution < 1.29 is 19.4 Å². The molecule has 1 aliphatic rings. The third-order valence-electron chi connectivity index (χ3n) is 5.49. The lowest BCUT2D eigenvalue weighted by molar-refractivity contribution is -0.133. The molecule has 0 amide bonds. The number of benzene rings is 1. The van der Waals surface area contributed by atoms with Gasteiger partial charge in [0, 0.05) is 35.9 Å². The summed E-state index contributed by atoms with van der Waals surface area (Å²) in [7, 11) is 1.50. The molecule has 3 rings (SSSR count). The predicted molar refractivity (Wildman–Crippen MR) is 118 cm³/mol. The largest absolute Gasteiger partial charge is 0.495 e.